The van der Waals surface area contributed by atoms with Gasteiger partial charge in [0.1, 0.15) is 12.1 Å². The number of halogens is 4. The highest BCUT2D eigenvalue weighted by Crippen LogP contribution is 2.34. The number of nitrogens with zero attached hydrogens (tertiary/aromatic N) is 5. The van der Waals surface area contributed by atoms with E-state index in [9.17, 15) is 22.4 Å². The molecule has 0 aliphatic carbocycles. The summed E-state index contributed by atoms with van der Waals surface area (Å²) in [5.74, 6) is 0.000413. The van der Waals surface area contributed by atoms with Gasteiger partial charge in [-0.25, -0.2) is 19.5 Å². The van der Waals surface area contributed by atoms with Gasteiger partial charge in [0, 0.05) is 11.6 Å². The molecule has 3 aromatic carbocycles. The average Bonchev–Trinajstić information content (AvgIpc) is 3.62. The van der Waals surface area contributed by atoms with Crippen LogP contribution in [-0.2, 0) is 11.0 Å². The van der Waals surface area contributed by atoms with Crippen LogP contribution in [0.1, 0.15) is 49.4 Å². The summed E-state index contributed by atoms with van der Waals surface area (Å²) >= 11 is 6.63. The second-order valence-electron chi connectivity index (χ2n) is 10.2. The number of aromatic nitrogens is 3. The molecule has 1 atom stereocenters. The Morgan fingerprint density at radius 1 is 1.05 bits per heavy atom. The molecule has 1 aliphatic heterocycles. The van der Waals surface area contributed by atoms with Crippen molar-refractivity contribution in [2.45, 2.75) is 38.9 Å². The number of thiocarbonyl (C=S) groups is 1. The largest absolute Gasteiger partial charge is 0.416 e. The molecule has 44 heavy (non-hydrogen) atoms. The number of anilines is 1. The molecule has 228 valence electrons. The second kappa shape index (κ2) is 12.8. The van der Waals surface area contributed by atoms with Gasteiger partial charge in [0.05, 0.1) is 22.7 Å². The molecule has 0 bridgehead atoms. The van der Waals surface area contributed by atoms with Crippen molar-refractivity contribution in [3.8, 4) is 17.1 Å². The number of aliphatic imine (C=N–C) groups is 1. The molecule has 14 heteroatoms. The topological polar surface area (TPSA) is 87.4 Å². The Hall–Kier alpha value is -4.14. The SMILES string of the molecule is CC(C)c1ccc(F)cc1N1C(=O)CS/C1=N\C(=S)NNC(C)c1ccc(-c2ncn(-c3ccc(C(F)(F)F)cc3)n2)cc1. The number of hydrogen-bond donors (Lipinski definition) is 2. The lowest BCUT2D eigenvalue weighted by molar-refractivity contribution is -0.137. The van der Waals surface area contributed by atoms with E-state index >= 15 is 0 Å². The Morgan fingerprint density at radius 3 is 2.41 bits per heavy atom. The number of alkyl halides is 3. The summed E-state index contributed by atoms with van der Waals surface area (Å²) in [7, 11) is 0. The Labute approximate surface area is 260 Å². The smallest absolute Gasteiger partial charge is 0.296 e. The summed E-state index contributed by atoms with van der Waals surface area (Å²) in [6.07, 6.45) is -2.97. The first-order valence-corrected chi connectivity index (χ1v) is 14.9. The molecular weight excluding hydrogens is 615 g/mol. The van der Waals surface area contributed by atoms with Gasteiger partial charge in [-0.15, -0.1) is 5.10 Å². The van der Waals surface area contributed by atoms with Crippen LogP contribution in [-0.4, -0.2) is 36.7 Å². The number of amidine groups is 1. The van der Waals surface area contributed by atoms with E-state index in [1.54, 1.807) is 6.07 Å². The van der Waals surface area contributed by atoms with E-state index < -0.39 is 17.6 Å². The minimum atomic E-state index is -4.41. The van der Waals surface area contributed by atoms with Gasteiger partial charge in [-0.1, -0.05) is 55.9 Å². The van der Waals surface area contributed by atoms with Crippen molar-refractivity contribution < 1.29 is 22.4 Å². The summed E-state index contributed by atoms with van der Waals surface area (Å²) in [5, 5.41) is 4.86. The second-order valence-corrected chi connectivity index (χ2v) is 11.6. The zero-order chi connectivity index (χ0) is 31.6. The van der Waals surface area contributed by atoms with Gasteiger partial charge in [0.15, 0.2) is 11.0 Å². The van der Waals surface area contributed by atoms with Gasteiger partial charge in [-0.3, -0.25) is 15.1 Å². The number of carbonyl (C=O) groups is 1. The number of hydrogen-bond acceptors (Lipinski definition) is 6. The maximum atomic E-state index is 14.1. The average molecular weight is 642 g/mol. The number of carbonyl (C=O) groups excluding carboxylic acids is 1. The summed E-state index contributed by atoms with van der Waals surface area (Å²) in [6, 6.07) is 16.3. The molecule has 2 N–H and O–H groups in total. The number of amides is 1. The van der Waals surface area contributed by atoms with E-state index in [1.165, 1.54) is 51.9 Å². The van der Waals surface area contributed by atoms with Gasteiger partial charge in [0.2, 0.25) is 11.0 Å². The lowest BCUT2D eigenvalue weighted by Gasteiger charge is -2.22. The molecule has 0 spiro atoms. The fourth-order valence-corrected chi connectivity index (χ4v) is 5.56. The van der Waals surface area contributed by atoms with Gasteiger partial charge in [0.25, 0.3) is 0 Å². The first kappa shape index (κ1) is 31.3. The fraction of sp³-hybridized carbons (Fsp3) is 0.233. The Kier molecular flexibility index (Phi) is 9.13. The molecule has 2 heterocycles. The molecule has 1 fully saturated rings. The van der Waals surface area contributed by atoms with Gasteiger partial charge >= 0.3 is 6.18 Å². The van der Waals surface area contributed by atoms with Crippen LogP contribution in [0.15, 0.2) is 78.0 Å². The van der Waals surface area contributed by atoms with Crippen LogP contribution in [0, 0.1) is 5.82 Å². The molecule has 4 aromatic rings. The van der Waals surface area contributed by atoms with Crippen molar-refractivity contribution in [1.82, 2.24) is 25.6 Å². The minimum absolute atomic E-state index is 0.0646. The molecule has 1 saturated heterocycles. The number of hydrazine groups is 1. The number of benzene rings is 3. The lowest BCUT2D eigenvalue weighted by Crippen LogP contribution is -2.38. The third-order valence-electron chi connectivity index (χ3n) is 6.83. The molecule has 8 nitrogen and oxygen atoms in total. The van der Waals surface area contributed by atoms with Crippen molar-refractivity contribution in [2.24, 2.45) is 4.99 Å². The maximum absolute atomic E-state index is 14.1. The predicted octanol–water partition coefficient (Wildman–Crippen LogP) is 6.79. The van der Waals surface area contributed by atoms with Crippen LogP contribution in [0.3, 0.4) is 0 Å². The molecule has 1 aliphatic rings. The van der Waals surface area contributed by atoms with Crippen LogP contribution in [0.5, 0.6) is 0 Å². The standard InChI is InChI=1S/C30H27F4N7OS2/c1-17(2)24-13-10-22(31)14-25(24)41-26(42)15-44-29(41)36-28(43)38-37-18(3)19-4-6-20(7-5-19)27-35-16-40(39-27)23-11-8-21(9-12-23)30(32,33)34/h4-14,16-18,37H,15H2,1-3H3,(H,38,43)/b36-29-. The lowest BCUT2D eigenvalue weighted by atomic mass is 10.0. The Balaban J connectivity index is 1.22. The normalized spacial score (nSPS) is 15.3. The zero-order valence-corrected chi connectivity index (χ0v) is 25.4. The molecule has 1 aromatic heterocycles. The summed E-state index contributed by atoms with van der Waals surface area (Å²) < 4.78 is 54.1. The van der Waals surface area contributed by atoms with Crippen molar-refractivity contribution >= 4 is 45.9 Å². The highest BCUT2D eigenvalue weighted by molar-refractivity contribution is 8.15. The van der Waals surface area contributed by atoms with E-state index in [-0.39, 0.29) is 28.7 Å². The van der Waals surface area contributed by atoms with Crippen molar-refractivity contribution in [2.75, 3.05) is 10.7 Å². The molecular formula is C30H27F4N7OS2. The van der Waals surface area contributed by atoms with Crippen LogP contribution >= 0.6 is 24.0 Å². The minimum Gasteiger partial charge on any atom is -0.296 e. The summed E-state index contributed by atoms with van der Waals surface area (Å²) in [6.45, 7) is 5.85. The molecule has 1 amide bonds. The third-order valence-corrected chi connectivity index (χ3v) is 7.95. The quantitative estimate of drug-likeness (QED) is 0.131. The van der Waals surface area contributed by atoms with Gasteiger partial charge < -0.3 is 0 Å². The molecule has 1 unspecified atom stereocenters. The van der Waals surface area contributed by atoms with Crippen molar-refractivity contribution in [3.63, 3.8) is 0 Å². The van der Waals surface area contributed by atoms with Crippen LogP contribution < -0.4 is 15.8 Å². The van der Waals surface area contributed by atoms with E-state index in [2.05, 4.69) is 25.9 Å². The molecule has 0 radical (unpaired) electrons. The zero-order valence-electron chi connectivity index (χ0n) is 23.8. The van der Waals surface area contributed by atoms with Crippen molar-refractivity contribution in [1.29, 1.82) is 0 Å². The Bertz CT molecular complexity index is 1700. The van der Waals surface area contributed by atoms with Gasteiger partial charge in [-0.05, 0) is 72.6 Å². The predicted molar refractivity (Wildman–Crippen MR) is 167 cm³/mol. The first-order valence-electron chi connectivity index (χ1n) is 13.5. The monoisotopic (exact) mass is 641 g/mol. The number of thioether (sulfide) groups is 1. The van der Waals surface area contributed by atoms with E-state index in [0.29, 0.717) is 22.4 Å². The highest BCUT2D eigenvalue weighted by atomic mass is 32.2. The van der Waals surface area contributed by atoms with E-state index in [1.807, 2.05) is 45.0 Å². The summed E-state index contributed by atoms with van der Waals surface area (Å²) in [4.78, 5) is 22.8. The van der Waals surface area contributed by atoms with Crippen LogP contribution in [0.2, 0.25) is 0 Å². The first-order chi connectivity index (χ1) is 20.9. The highest BCUT2D eigenvalue weighted by Gasteiger charge is 2.32. The maximum Gasteiger partial charge on any atom is 0.416 e. The van der Waals surface area contributed by atoms with E-state index in [4.69, 9.17) is 12.2 Å². The summed E-state index contributed by atoms with van der Waals surface area (Å²) in [5.41, 5.74) is 8.62. The molecule has 0 saturated carbocycles. The van der Waals surface area contributed by atoms with Gasteiger partial charge in [-0.2, -0.15) is 18.2 Å². The Morgan fingerprint density at radius 2 is 1.75 bits per heavy atom. The third kappa shape index (κ3) is 6.98. The van der Waals surface area contributed by atoms with Crippen LogP contribution in [0.4, 0.5) is 23.2 Å². The van der Waals surface area contributed by atoms with Crippen LogP contribution in [0.25, 0.3) is 17.1 Å². The number of rotatable bonds is 7. The molecule has 5 rings (SSSR count). The fourth-order valence-electron chi connectivity index (χ4n) is 4.49. The van der Waals surface area contributed by atoms with E-state index in [0.717, 1.165) is 28.8 Å². The van der Waals surface area contributed by atoms with Crippen molar-refractivity contribution in [3.05, 3.63) is 95.6 Å². The number of nitrogens with one attached hydrogen (secondary N) is 2.